The second kappa shape index (κ2) is 7.67. The number of carbonyl (C=O) groups is 1. The van der Waals surface area contributed by atoms with Gasteiger partial charge in [-0.1, -0.05) is 30.7 Å². The number of fused-ring (bicyclic) bond motifs is 1. The van der Waals surface area contributed by atoms with Crippen molar-refractivity contribution in [3.8, 4) is 17.1 Å². The van der Waals surface area contributed by atoms with Crippen LogP contribution in [0, 0.1) is 0 Å². The van der Waals surface area contributed by atoms with E-state index in [0.717, 1.165) is 5.56 Å². The summed E-state index contributed by atoms with van der Waals surface area (Å²) in [4.78, 5) is 35.8. The van der Waals surface area contributed by atoms with Gasteiger partial charge < -0.3 is 14.6 Å². The quantitative estimate of drug-likeness (QED) is 0.713. The average Bonchev–Trinajstić information content (AvgIpc) is 2.73. The fraction of sp³-hybridized carbons (Fsp3) is 0.238. The van der Waals surface area contributed by atoms with Crippen LogP contribution >= 0.6 is 11.6 Å². The predicted octanol–water partition coefficient (Wildman–Crippen LogP) is 3.27. The van der Waals surface area contributed by atoms with E-state index in [1.54, 1.807) is 27.8 Å². The van der Waals surface area contributed by atoms with E-state index in [9.17, 15) is 14.7 Å². The van der Waals surface area contributed by atoms with Crippen molar-refractivity contribution in [2.75, 3.05) is 6.54 Å². The second-order valence-electron chi connectivity index (χ2n) is 6.81. The molecule has 1 amide bonds. The molecule has 1 atom stereocenters. The highest BCUT2D eigenvalue weighted by atomic mass is 35.5. The van der Waals surface area contributed by atoms with E-state index in [4.69, 9.17) is 11.6 Å². The van der Waals surface area contributed by atoms with E-state index in [1.807, 2.05) is 25.1 Å². The zero-order valence-electron chi connectivity index (χ0n) is 15.7. The molecule has 0 saturated carbocycles. The molecular formula is C21H19ClN4O3. The maximum absolute atomic E-state index is 13.2. The Kier molecular flexibility index (Phi) is 5.07. The Morgan fingerprint density at radius 2 is 1.93 bits per heavy atom. The predicted molar refractivity (Wildman–Crippen MR) is 109 cm³/mol. The van der Waals surface area contributed by atoms with Gasteiger partial charge in [-0.3, -0.25) is 9.59 Å². The number of pyridine rings is 1. The lowest BCUT2D eigenvalue weighted by molar-refractivity contribution is 0.0602. The van der Waals surface area contributed by atoms with Gasteiger partial charge in [-0.25, -0.2) is 9.97 Å². The van der Waals surface area contributed by atoms with Crippen LogP contribution in [0.4, 0.5) is 0 Å². The van der Waals surface area contributed by atoms with Crippen molar-refractivity contribution in [3.05, 3.63) is 75.4 Å². The van der Waals surface area contributed by atoms with Crippen LogP contribution in [0.2, 0.25) is 5.02 Å². The first-order valence-electron chi connectivity index (χ1n) is 9.31. The maximum Gasteiger partial charge on any atom is 0.275 e. The lowest BCUT2D eigenvalue weighted by atomic mass is 10.0. The third kappa shape index (κ3) is 3.38. The van der Waals surface area contributed by atoms with Crippen LogP contribution in [-0.4, -0.2) is 37.0 Å². The van der Waals surface area contributed by atoms with Crippen LogP contribution < -0.4 is 5.43 Å². The molecule has 0 aliphatic carbocycles. The Balaban J connectivity index is 1.76. The van der Waals surface area contributed by atoms with Gasteiger partial charge in [0.2, 0.25) is 5.43 Å². The molecule has 0 spiro atoms. The van der Waals surface area contributed by atoms with Crippen molar-refractivity contribution in [3.63, 3.8) is 0 Å². The Morgan fingerprint density at radius 3 is 2.62 bits per heavy atom. The summed E-state index contributed by atoms with van der Waals surface area (Å²) in [7, 11) is 0. The summed E-state index contributed by atoms with van der Waals surface area (Å²) in [5.41, 5.74) is 0.405. The van der Waals surface area contributed by atoms with Gasteiger partial charge >= 0.3 is 0 Å². The monoisotopic (exact) mass is 410 g/mol. The summed E-state index contributed by atoms with van der Waals surface area (Å²) in [5.74, 6) is -0.757. The number of carbonyl (C=O) groups excluding carboxylic acids is 1. The summed E-state index contributed by atoms with van der Waals surface area (Å²) in [5, 5.41) is 11.2. The van der Waals surface area contributed by atoms with Gasteiger partial charge in [0.15, 0.2) is 17.3 Å². The number of aromatic hydroxyl groups is 1. The fourth-order valence-electron chi connectivity index (χ4n) is 3.75. The number of aromatic nitrogens is 3. The highest BCUT2D eigenvalue weighted by Crippen LogP contribution is 2.32. The third-order valence-electron chi connectivity index (χ3n) is 5.10. The molecule has 2 aromatic heterocycles. The summed E-state index contributed by atoms with van der Waals surface area (Å²) in [6, 6.07) is 8.81. The standard InChI is InChI=1S/C21H19ClN4O3/c1-2-16(13-5-3-6-14(22)11-13)26-10-9-25-12-15(20-23-7-4-8-24-20)18(27)19(28)17(25)21(26)29/h3-8,11-12,16,28H,2,9-10H2,1H3. The van der Waals surface area contributed by atoms with E-state index >= 15 is 0 Å². The van der Waals surface area contributed by atoms with E-state index in [2.05, 4.69) is 9.97 Å². The highest BCUT2D eigenvalue weighted by Gasteiger charge is 2.34. The zero-order chi connectivity index (χ0) is 20.5. The molecule has 0 bridgehead atoms. The first-order chi connectivity index (χ1) is 14.0. The number of hydrogen-bond donors (Lipinski definition) is 1. The van der Waals surface area contributed by atoms with E-state index in [-0.39, 0.29) is 23.1 Å². The molecule has 4 rings (SSSR count). The van der Waals surface area contributed by atoms with Crippen LogP contribution in [-0.2, 0) is 6.54 Å². The Bertz CT molecular complexity index is 1130. The number of halogens is 1. The van der Waals surface area contributed by atoms with Crippen molar-refractivity contribution in [1.82, 2.24) is 19.4 Å². The lowest BCUT2D eigenvalue weighted by Crippen LogP contribution is -2.43. The van der Waals surface area contributed by atoms with Gasteiger partial charge in [0, 0.05) is 36.7 Å². The fourth-order valence-corrected chi connectivity index (χ4v) is 3.95. The molecule has 1 N–H and O–H groups in total. The van der Waals surface area contributed by atoms with Crippen LogP contribution in [0.3, 0.4) is 0 Å². The average molecular weight is 411 g/mol. The molecule has 1 aliphatic heterocycles. The number of amides is 1. The van der Waals surface area contributed by atoms with Crippen molar-refractivity contribution in [2.45, 2.75) is 25.9 Å². The normalized spacial score (nSPS) is 14.6. The Hall–Kier alpha value is -3.19. The van der Waals surface area contributed by atoms with E-state index in [0.29, 0.717) is 24.5 Å². The van der Waals surface area contributed by atoms with Crippen molar-refractivity contribution < 1.29 is 9.90 Å². The molecule has 7 nitrogen and oxygen atoms in total. The Labute approximate surface area is 172 Å². The zero-order valence-corrected chi connectivity index (χ0v) is 16.5. The smallest absolute Gasteiger partial charge is 0.275 e. The molecule has 1 aliphatic rings. The van der Waals surface area contributed by atoms with Crippen molar-refractivity contribution in [1.29, 1.82) is 0 Å². The van der Waals surface area contributed by atoms with E-state index < -0.39 is 17.1 Å². The molecule has 148 valence electrons. The number of rotatable bonds is 4. The van der Waals surface area contributed by atoms with Gasteiger partial charge in [0.25, 0.3) is 5.91 Å². The molecule has 0 saturated heterocycles. The van der Waals surface area contributed by atoms with Gasteiger partial charge in [0.05, 0.1) is 11.6 Å². The third-order valence-corrected chi connectivity index (χ3v) is 5.34. The van der Waals surface area contributed by atoms with Gasteiger partial charge in [-0.05, 0) is 30.2 Å². The molecule has 29 heavy (non-hydrogen) atoms. The molecule has 1 unspecified atom stereocenters. The second-order valence-corrected chi connectivity index (χ2v) is 7.25. The minimum atomic E-state index is -0.659. The lowest BCUT2D eigenvalue weighted by Gasteiger charge is -2.36. The number of nitrogens with zero attached hydrogens (tertiary/aromatic N) is 4. The van der Waals surface area contributed by atoms with Gasteiger partial charge in [0.1, 0.15) is 0 Å². The first-order valence-corrected chi connectivity index (χ1v) is 9.69. The number of hydrogen-bond acceptors (Lipinski definition) is 5. The molecule has 3 heterocycles. The van der Waals surface area contributed by atoms with Crippen LogP contribution in [0.15, 0.2) is 53.7 Å². The maximum atomic E-state index is 13.2. The molecule has 0 fully saturated rings. The van der Waals surface area contributed by atoms with Gasteiger partial charge in [-0.2, -0.15) is 0 Å². The van der Waals surface area contributed by atoms with Crippen LogP contribution in [0.25, 0.3) is 11.4 Å². The Morgan fingerprint density at radius 1 is 1.17 bits per heavy atom. The highest BCUT2D eigenvalue weighted by molar-refractivity contribution is 6.30. The van der Waals surface area contributed by atoms with Crippen LogP contribution in [0.1, 0.15) is 35.4 Å². The molecular weight excluding hydrogens is 392 g/mol. The topological polar surface area (TPSA) is 88.3 Å². The summed E-state index contributed by atoms with van der Waals surface area (Å²) < 4.78 is 1.60. The molecule has 8 heteroatoms. The largest absolute Gasteiger partial charge is 0.503 e. The molecule has 0 radical (unpaired) electrons. The van der Waals surface area contributed by atoms with E-state index in [1.165, 1.54) is 12.4 Å². The van der Waals surface area contributed by atoms with Crippen LogP contribution in [0.5, 0.6) is 5.75 Å². The SMILES string of the molecule is CCC(c1cccc(Cl)c1)N1CCn2cc(-c3ncccn3)c(=O)c(O)c2C1=O. The summed E-state index contributed by atoms with van der Waals surface area (Å²) in [6.45, 7) is 2.86. The van der Waals surface area contributed by atoms with Crippen molar-refractivity contribution >= 4 is 17.5 Å². The minimum Gasteiger partial charge on any atom is -0.503 e. The van der Waals surface area contributed by atoms with Gasteiger partial charge in [-0.15, -0.1) is 0 Å². The first kappa shape index (κ1) is 19.1. The number of benzene rings is 1. The summed E-state index contributed by atoms with van der Waals surface area (Å²) in [6.07, 6.45) is 5.26. The minimum absolute atomic E-state index is 0.0126. The summed E-state index contributed by atoms with van der Waals surface area (Å²) >= 11 is 6.12. The molecule has 1 aromatic carbocycles. The van der Waals surface area contributed by atoms with Crippen molar-refractivity contribution in [2.24, 2.45) is 0 Å². The molecule has 3 aromatic rings.